The maximum Gasteiger partial charge on any atom is 0.347 e. The predicted octanol–water partition coefficient (Wildman–Crippen LogP) is 10.5. The number of carbonyl (C=O) groups excluding carboxylic acids is 7. The number of ether oxygens (including phenoxy) is 8. The van der Waals surface area contributed by atoms with Gasteiger partial charge in [-0.25, -0.2) is 9.59 Å². The second kappa shape index (κ2) is 23.9. The van der Waals surface area contributed by atoms with Gasteiger partial charge in [0.2, 0.25) is 6.10 Å². The summed E-state index contributed by atoms with van der Waals surface area (Å²) >= 11 is 0. The lowest BCUT2D eigenvalue weighted by atomic mass is 9.52. The summed E-state index contributed by atoms with van der Waals surface area (Å²) in [5.41, 5.74) is -2.80. The smallest absolute Gasteiger partial charge is 0.347 e. The number of hydrogen-bond donors (Lipinski definition) is 1. The third kappa shape index (κ3) is 15.1. The first-order valence-electron chi connectivity index (χ1n) is 28.8. The highest BCUT2D eigenvalue weighted by atomic mass is 16.7. The van der Waals surface area contributed by atoms with Crippen LogP contribution in [0.2, 0.25) is 0 Å². The first-order chi connectivity index (χ1) is 35.0. The summed E-state index contributed by atoms with van der Waals surface area (Å²) in [7, 11) is 0. The van der Waals surface area contributed by atoms with Crippen molar-refractivity contribution in [2.45, 2.75) is 268 Å². The van der Waals surface area contributed by atoms with Crippen molar-refractivity contribution in [1.82, 2.24) is 0 Å². The number of rotatable bonds is 15. The number of fused-ring (bicyclic) bond motifs is 1. The van der Waals surface area contributed by atoms with Gasteiger partial charge in [-0.3, -0.25) is 24.0 Å². The lowest BCUT2D eigenvalue weighted by molar-refractivity contribution is -0.225. The maximum absolute atomic E-state index is 12.4. The molecule has 16 heteroatoms. The summed E-state index contributed by atoms with van der Waals surface area (Å²) in [5, 5.41) is 10.6. The van der Waals surface area contributed by atoms with E-state index >= 15 is 0 Å². The second-order valence-corrected chi connectivity index (χ2v) is 27.9. The molecular formula is C60H98O16. The molecule has 16 nitrogen and oxygen atoms in total. The fourth-order valence-electron chi connectivity index (χ4n) is 12.0. The van der Waals surface area contributed by atoms with Crippen LogP contribution in [-0.4, -0.2) is 107 Å². The van der Waals surface area contributed by atoms with Gasteiger partial charge in [0.15, 0.2) is 18.8 Å². The SMILES string of the molecule is CCC(C)(C)C(=O)OC(C)(C)C1CCC(C(C)(C)C)CC1.CCC(C)(C)C(=O)OC12CC3CC(CC(O)(C3)C1)C2.CCC(C)(C)C(=O)OC1CCOC1=O.CCC(C)(C)C(=O)OCC(=O)OC1C2CC3C(=O)OC1C3O2. The van der Waals surface area contributed by atoms with Gasteiger partial charge in [-0.15, -0.1) is 0 Å². The van der Waals surface area contributed by atoms with Gasteiger partial charge in [-0.1, -0.05) is 48.5 Å². The van der Waals surface area contributed by atoms with Crippen LogP contribution in [-0.2, 0) is 71.5 Å². The molecule has 9 aliphatic rings. The Kier molecular flexibility index (Phi) is 19.8. The lowest BCUT2D eigenvalue weighted by Crippen LogP contribution is -2.61. The van der Waals surface area contributed by atoms with Crippen molar-refractivity contribution in [2.75, 3.05) is 13.2 Å². The van der Waals surface area contributed by atoms with E-state index in [-0.39, 0.29) is 58.6 Å². The zero-order chi connectivity index (χ0) is 57.2. The Bertz CT molecular complexity index is 2070. The molecule has 5 saturated carbocycles. The Morgan fingerprint density at radius 3 is 1.62 bits per heavy atom. The van der Waals surface area contributed by atoms with Crippen LogP contribution < -0.4 is 0 Å². The van der Waals surface area contributed by atoms with E-state index in [9.17, 15) is 38.7 Å². The summed E-state index contributed by atoms with van der Waals surface area (Å²) in [4.78, 5) is 82.6. The standard InChI is InChI=1S/C19H36O2.C16H26O3.C15H20O7.C10H16O4/c1-9-18(5,6)16(20)21-19(7,8)15-12-10-14(11-13-15)17(2,3)4;1-4-14(2,3)13(17)19-16-8-11-5-12(9-16)7-15(18,6-11)10-16;1-4-15(2,3)14(18)19-6-9(16)21-11-8-5-7-10(20-8)12(11)22-13(7)17;1-4-10(2,3)9(12)14-7-5-6-13-8(7)11/h14-15H,9-13H2,1-8H3;11-12,18H,4-10H2,1-3H3;7-8,10-12H,4-6H2,1-3H3;7H,4-6H2,1-3H3. The largest absolute Gasteiger partial charge is 0.463 e. The molecule has 434 valence electrons. The molecule has 76 heavy (non-hydrogen) atoms. The van der Waals surface area contributed by atoms with Crippen LogP contribution >= 0.6 is 0 Å². The molecule has 5 aliphatic carbocycles. The van der Waals surface area contributed by atoms with Crippen LogP contribution in [0.4, 0.5) is 0 Å². The van der Waals surface area contributed by atoms with Crippen molar-refractivity contribution in [3.05, 3.63) is 0 Å². The van der Waals surface area contributed by atoms with E-state index < -0.39 is 64.7 Å². The first kappa shape index (κ1) is 63.0. The summed E-state index contributed by atoms with van der Waals surface area (Å²) < 4.78 is 42.8. The molecule has 0 amide bonds. The molecule has 9 rings (SSSR count). The fraction of sp³-hybridized carbons (Fsp3) is 0.883. The molecule has 8 atom stereocenters. The third-order valence-corrected chi connectivity index (χ3v) is 18.8. The van der Waals surface area contributed by atoms with Crippen LogP contribution in [0.25, 0.3) is 0 Å². The molecule has 6 bridgehead atoms. The van der Waals surface area contributed by atoms with E-state index in [0.29, 0.717) is 61.9 Å². The number of esters is 7. The summed E-state index contributed by atoms with van der Waals surface area (Å²) in [6.07, 6.45) is 12.0. The average molecular weight is 1080 g/mol. The van der Waals surface area contributed by atoms with Gasteiger partial charge in [0.1, 0.15) is 17.3 Å². The van der Waals surface area contributed by atoms with Crippen LogP contribution in [0.15, 0.2) is 0 Å². The molecular weight excluding hydrogens is 977 g/mol. The monoisotopic (exact) mass is 1070 g/mol. The van der Waals surface area contributed by atoms with E-state index in [1.807, 2.05) is 55.4 Å². The highest BCUT2D eigenvalue weighted by molar-refractivity contribution is 5.83. The number of hydrogen-bond acceptors (Lipinski definition) is 16. The van der Waals surface area contributed by atoms with Crippen molar-refractivity contribution in [1.29, 1.82) is 0 Å². The number of aliphatic hydroxyl groups is 1. The molecule has 9 fully saturated rings. The van der Waals surface area contributed by atoms with Crippen molar-refractivity contribution in [2.24, 2.45) is 56.7 Å². The Balaban J connectivity index is 0.000000189. The molecule has 4 heterocycles. The van der Waals surface area contributed by atoms with Gasteiger partial charge >= 0.3 is 41.8 Å². The molecule has 4 aliphatic heterocycles. The van der Waals surface area contributed by atoms with Gasteiger partial charge in [0, 0.05) is 12.8 Å². The topological polar surface area (TPSA) is 214 Å². The van der Waals surface area contributed by atoms with Crippen molar-refractivity contribution in [3.63, 3.8) is 0 Å². The minimum Gasteiger partial charge on any atom is -0.463 e. The van der Waals surface area contributed by atoms with E-state index in [1.54, 1.807) is 27.7 Å². The Hall–Kier alpha value is -3.79. The molecule has 0 radical (unpaired) electrons. The van der Waals surface area contributed by atoms with Gasteiger partial charge in [0.05, 0.1) is 45.9 Å². The highest BCUT2D eigenvalue weighted by Gasteiger charge is 2.65. The van der Waals surface area contributed by atoms with Crippen molar-refractivity contribution in [3.8, 4) is 0 Å². The Morgan fingerprint density at radius 2 is 1.12 bits per heavy atom. The molecule has 0 aromatic rings. The van der Waals surface area contributed by atoms with Crippen molar-refractivity contribution < 1.29 is 76.6 Å². The van der Waals surface area contributed by atoms with Gasteiger partial charge in [-0.2, -0.15) is 0 Å². The van der Waals surface area contributed by atoms with E-state index in [4.69, 9.17) is 37.9 Å². The quantitative estimate of drug-likeness (QED) is 0.119. The molecule has 0 aromatic heterocycles. The van der Waals surface area contributed by atoms with Crippen molar-refractivity contribution >= 4 is 41.8 Å². The summed E-state index contributed by atoms with van der Waals surface area (Å²) in [6.45, 7) is 33.9. The number of carbonyl (C=O) groups is 7. The highest BCUT2D eigenvalue weighted by Crippen LogP contribution is 2.59. The average Bonchev–Trinajstić information content (AvgIpc) is 4.09. The molecule has 0 aromatic carbocycles. The predicted molar refractivity (Wildman–Crippen MR) is 283 cm³/mol. The molecule has 4 saturated heterocycles. The Labute approximate surface area is 454 Å². The van der Waals surface area contributed by atoms with Gasteiger partial charge in [0.25, 0.3) is 0 Å². The first-order valence-corrected chi connectivity index (χ1v) is 28.8. The molecule has 8 unspecified atom stereocenters. The summed E-state index contributed by atoms with van der Waals surface area (Å²) in [5.74, 6) is -0.0834. The van der Waals surface area contributed by atoms with Crippen LogP contribution in [0.1, 0.15) is 220 Å². The van der Waals surface area contributed by atoms with E-state index in [2.05, 4.69) is 34.6 Å². The number of cyclic esters (lactones) is 1. The zero-order valence-corrected chi connectivity index (χ0v) is 49.6. The third-order valence-electron chi connectivity index (χ3n) is 18.8. The van der Waals surface area contributed by atoms with Gasteiger partial charge in [-0.05, 0) is 188 Å². The van der Waals surface area contributed by atoms with Crippen LogP contribution in [0, 0.1) is 56.7 Å². The normalized spacial score (nSPS) is 32.2. The van der Waals surface area contributed by atoms with Gasteiger partial charge < -0.3 is 43.0 Å². The lowest BCUT2D eigenvalue weighted by Gasteiger charge is -2.59. The van der Waals surface area contributed by atoms with Crippen LogP contribution in [0.3, 0.4) is 0 Å². The van der Waals surface area contributed by atoms with E-state index in [0.717, 1.165) is 44.4 Å². The molecule has 1 N–H and O–H groups in total. The zero-order valence-electron chi connectivity index (χ0n) is 49.6. The minimum atomic E-state index is -0.687. The Morgan fingerprint density at radius 1 is 0.605 bits per heavy atom. The minimum absolute atomic E-state index is 0.0482. The molecule has 0 spiro atoms. The van der Waals surface area contributed by atoms with E-state index in [1.165, 1.54) is 32.1 Å². The van der Waals surface area contributed by atoms with Crippen LogP contribution in [0.5, 0.6) is 0 Å². The second-order valence-electron chi connectivity index (χ2n) is 27.9. The summed E-state index contributed by atoms with van der Waals surface area (Å²) in [6, 6.07) is 0. The maximum atomic E-state index is 12.4. The fourth-order valence-corrected chi connectivity index (χ4v) is 12.0.